The number of hydrogen-bond donors (Lipinski definition) is 2. The zero-order valence-corrected chi connectivity index (χ0v) is 9.10. The molecular weight excluding hydrogens is 227 g/mol. The molecule has 0 unspecified atom stereocenters. The summed E-state index contributed by atoms with van der Waals surface area (Å²) in [5.74, 6) is -0.275. The standard InChI is InChI=1S/C11H13FN2O3/c12-8-3-9(5-10(4-8)14(16)17)13-6-7-1-11(15)2-7/h3-5,7,11,13,15H,1-2,6H2. The number of hydrogen-bond acceptors (Lipinski definition) is 4. The van der Waals surface area contributed by atoms with Crippen LogP contribution in [0, 0.1) is 21.8 Å². The average molecular weight is 240 g/mol. The van der Waals surface area contributed by atoms with E-state index in [1.807, 2.05) is 0 Å². The Bertz CT molecular complexity index is 433. The second-order valence-electron chi connectivity index (χ2n) is 4.33. The molecule has 1 aromatic rings. The van der Waals surface area contributed by atoms with Crippen molar-refractivity contribution in [2.24, 2.45) is 5.92 Å². The zero-order chi connectivity index (χ0) is 12.4. The van der Waals surface area contributed by atoms with E-state index in [2.05, 4.69) is 5.32 Å². The van der Waals surface area contributed by atoms with Crippen LogP contribution in [0.3, 0.4) is 0 Å². The van der Waals surface area contributed by atoms with Gasteiger partial charge in [0.15, 0.2) is 0 Å². The second-order valence-corrected chi connectivity index (χ2v) is 4.33. The molecule has 0 bridgehead atoms. The predicted octanol–water partition coefficient (Wildman–Crippen LogP) is 1.92. The number of anilines is 1. The Morgan fingerprint density at radius 2 is 2.18 bits per heavy atom. The van der Waals surface area contributed by atoms with Crippen LogP contribution in [0.15, 0.2) is 18.2 Å². The molecular formula is C11H13FN2O3. The van der Waals surface area contributed by atoms with Crippen molar-refractivity contribution in [3.05, 3.63) is 34.1 Å². The maximum absolute atomic E-state index is 13.1. The first-order chi connectivity index (χ1) is 8.04. The van der Waals surface area contributed by atoms with Gasteiger partial charge in [-0.05, 0) is 24.8 Å². The van der Waals surface area contributed by atoms with Crippen molar-refractivity contribution in [2.45, 2.75) is 18.9 Å². The summed E-state index contributed by atoms with van der Waals surface area (Å²) < 4.78 is 13.1. The van der Waals surface area contributed by atoms with Gasteiger partial charge in [-0.25, -0.2) is 4.39 Å². The minimum absolute atomic E-state index is 0.233. The highest BCUT2D eigenvalue weighted by atomic mass is 19.1. The summed E-state index contributed by atoms with van der Waals surface area (Å²) in [6.07, 6.45) is 1.22. The van der Waals surface area contributed by atoms with Gasteiger partial charge < -0.3 is 10.4 Å². The Kier molecular flexibility index (Phi) is 3.23. The van der Waals surface area contributed by atoms with Gasteiger partial charge in [0.05, 0.1) is 17.1 Å². The summed E-state index contributed by atoms with van der Waals surface area (Å²) in [6.45, 7) is 0.595. The molecule has 1 aromatic carbocycles. The second kappa shape index (κ2) is 4.67. The van der Waals surface area contributed by atoms with Crippen LogP contribution >= 0.6 is 0 Å². The van der Waals surface area contributed by atoms with Gasteiger partial charge in [-0.2, -0.15) is 0 Å². The molecule has 0 atom stereocenters. The van der Waals surface area contributed by atoms with Crippen LogP contribution in [0.25, 0.3) is 0 Å². The lowest BCUT2D eigenvalue weighted by Crippen LogP contribution is -2.33. The lowest BCUT2D eigenvalue weighted by molar-refractivity contribution is -0.385. The molecule has 1 aliphatic rings. The van der Waals surface area contributed by atoms with Gasteiger partial charge in [-0.3, -0.25) is 10.1 Å². The highest BCUT2D eigenvalue weighted by molar-refractivity contribution is 5.51. The largest absolute Gasteiger partial charge is 0.393 e. The smallest absolute Gasteiger partial charge is 0.274 e. The maximum atomic E-state index is 13.1. The number of nitro benzene ring substituents is 1. The summed E-state index contributed by atoms with van der Waals surface area (Å²) in [5.41, 5.74) is 0.138. The van der Waals surface area contributed by atoms with E-state index < -0.39 is 10.7 Å². The molecule has 2 rings (SSSR count). The average Bonchev–Trinajstić information content (AvgIpc) is 2.22. The lowest BCUT2D eigenvalue weighted by Gasteiger charge is -2.31. The minimum Gasteiger partial charge on any atom is -0.393 e. The van der Waals surface area contributed by atoms with E-state index in [0.29, 0.717) is 18.2 Å². The van der Waals surface area contributed by atoms with Gasteiger partial charge in [0.2, 0.25) is 0 Å². The van der Waals surface area contributed by atoms with Crippen LogP contribution < -0.4 is 5.32 Å². The Labute approximate surface area is 97.4 Å². The molecule has 0 radical (unpaired) electrons. The molecule has 5 nitrogen and oxygen atoms in total. The van der Waals surface area contributed by atoms with E-state index in [1.54, 1.807) is 0 Å². The number of nitro groups is 1. The third kappa shape index (κ3) is 2.91. The van der Waals surface area contributed by atoms with E-state index in [1.165, 1.54) is 12.1 Å². The van der Waals surface area contributed by atoms with E-state index >= 15 is 0 Å². The van der Waals surface area contributed by atoms with Crippen molar-refractivity contribution in [1.29, 1.82) is 0 Å². The first-order valence-corrected chi connectivity index (χ1v) is 5.41. The first kappa shape index (κ1) is 11.8. The summed E-state index contributed by atoms with van der Waals surface area (Å²) >= 11 is 0. The fraction of sp³-hybridized carbons (Fsp3) is 0.455. The minimum atomic E-state index is -0.629. The lowest BCUT2D eigenvalue weighted by atomic mass is 9.82. The number of rotatable bonds is 4. The third-order valence-electron chi connectivity index (χ3n) is 2.90. The number of aliphatic hydroxyl groups excluding tert-OH is 1. The molecule has 1 fully saturated rings. The van der Waals surface area contributed by atoms with Crippen LogP contribution in [0.4, 0.5) is 15.8 Å². The zero-order valence-electron chi connectivity index (χ0n) is 9.10. The van der Waals surface area contributed by atoms with Crippen LogP contribution in [-0.4, -0.2) is 22.7 Å². The van der Waals surface area contributed by atoms with E-state index in [-0.39, 0.29) is 11.8 Å². The molecule has 1 aliphatic carbocycles. The van der Waals surface area contributed by atoms with Crippen molar-refractivity contribution in [3.8, 4) is 0 Å². The fourth-order valence-electron chi connectivity index (χ4n) is 1.91. The van der Waals surface area contributed by atoms with Crippen LogP contribution in [0.2, 0.25) is 0 Å². The van der Waals surface area contributed by atoms with Gasteiger partial charge in [0, 0.05) is 18.3 Å². The first-order valence-electron chi connectivity index (χ1n) is 5.41. The number of halogens is 1. The van der Waals surface area contributed by atoms with Crippen molar-refractivity contribution in [3.63, 3.8) is 0 Å². The molecule has 6 heteroatoms. The molecule has 92 valence electrons. The number of aliphatic hydroxyl groups is 1. The Balaban J connectivity index is 1.98. The predicted molar refractivity (Wildman–Crippen MR) is 60.3 cm³/mol. The number of nitrogens with zero attached hydrogens (tertiary/aromatic N) is 1. The van der Waals surface area contributed by atoms with Gasteiger partial charge in [0.25, 0.3) is 5.69 Å². The maximum Gasteiger partial charge on any atom is 0.274 e. The van der Waals surface area contributed by atoms with Crippen LogP contribution in [-0.2, 0) is 0 Å². The fourth-order valence-corrected chi connectivity index (χ4v) is 1.91. The number of non-ortho nitro benzene ring substituents is 1. The molecule has 0 amide bonds. The highest BCUT2D eigenvalue weighted by Crippen LogP contribution is 2.28. The van der Waals surface area contributed by atoms with E-state index in [9.17, 15) is 14.5 Å². The topological polar surface area (TPSA) is 75.4 Å². The molecule has 0 aromatic heterocycles. The quantitative estimate of drug-likeness (QED) is 0.622. The van der Waals surface area contributed by atoms with Crippen LogP contribution in [0.5, 0.6) is 0 Å². The molecule has 0 aliphatic heterocycles. The molecule has 0 saturated heterocycles. The van der Waals surface area contributed by atoms with Gasteiger partial charge >= 0.3 is 0 Å². The molecule has 1 saturated carbocycles. The van der Waals surface area contributed by atoms with Crippen molar-refractivity contribution >= 4 is 11.4 Å². The Morgan fingerprint density at radius 3 is 2.76 bits per heavy atom. The van der Waals surface area contributed by atoms with Gasteiger partial charge in [0.1, 0.15) is 5.82 Å². The highest BCUT2D eigenvalue weighted by Gasteiger charge is 2.26. The van der Waals surface area contributed by atoms with Crippen LogP contribution in [0.1, 0.15) is 12.8 Å². The van der Waals surface area contributed by atoms with Crippen molar-refractivity contribution < 1.29 is 14.4 Å². The summed E-state index contributed by atoms with van der Waals surface area (Å²) in [5, 5.41) is 22.6. The monoisotopic (exact) mass is 240 g/mol. The molecule has 0 spiro atoms. The van der Waals surface area contributed by atoms with Crippen molar-refractivity contribution in [2.75, 3.05) is 11.9 Å². The molecule has 17 heavy (non-hydrogen) atoms. The molecule has 0 heterocycles. The van der Waals surface area contributed by atoms with E-state index in [4.69, 9.17) is 5.11 Å². The van der Waals surface area contributed by atoms with Gasteiger partial charge in [-0.1, -0.05) is 0 Å². The number of nitrogens with one attached hydrogen (secondary N) is 1. The van der Waals surface area contributed by atoms with Crippen molar-refractivity contribution in [1.82, 2.24) is 0 Å². The summed E-state index contributed by atoms with van der Waals surface area (Å²) in [6, 6.07) is 3.42. The summed E-state index contributed by atoms with van der Waals surface area (Å²) in [7, 11) is 0. The Morgan fingerprint density at radius 1 is 1.47 bits per heavy atom. The summed E-state index contributed by atoms with van der Waals surface area (Å²) in [4.78, 5) is 9.91. The van der Waals surface area contributed by atoms with Gasteiger partial charge in [-0.15, -0.1) is 0 Å². The number of benzene rings is 1. The SMILES string of the molecule is O=[N+]([O-])c1cc(F)cc(NCC2CC(O)C2)c1. The Hall–Kier alpha value is -1.69. The van der Waals surface area contributed by atoms with E-state index in [0.717, 1.165) is 18.9 Å². The normalized spacial score (nSPS) is 22.9. The third-order valence-corrected chi connectivity index (χ3v) is 2.90. The molecule has 2 N–H and O–H groups in total.